The average Bonchev–Trinajstić information content (AvgIpc) is 2.71. The van der Waals surface area contributed by atoms with E-state index in [0.717, 1.165) is 25.3 Å². The standard InChI is InChI=1S/C19H22F2N2O6S/c1-18(17(26)22-27,30(2,28)29)8-10-23-9-7-14(11-16(23)25)13-3-5-15(6-4-13)19(20,21)12-24/h3-7,9,11,24,27H,8,10,12H2,1-2H3,(H,22,26). The smallest absolute Gasteiger partial charge is 0.295 e. The number of aliphatic hydroxyl groups excluding tert-OH is 1. The number of amides is 1. The first-order valence-corrected chi connectivity index (χ1v) is 10.7. The zero-order chi connectivity index (χ0) is 22.7. The number of hydrogen-bond acceptors (Lipinski definition) is 6. The van der Waals surface area contributed by atoms with Gasteiger partial charge >= 0.3 is 0 Å². The molecule has 1 unspecified atom stereocenters. The number of hydrogen-bond donors (Lipinski definition) is 3. The third-order valence-electron chi connectivity index (χ3n) is 5.07. The number of halogens is 2. The molecule has 0 spiro atoms. The van der Waals surface area contributed by atoms with Gasteiger partial charge in [0, 0.05) is 30.6 Å². The van der Waals surface area contributed by atoms with E-state index in [2.05, 4.69) is 0 Å². The minimum atomic E-state index is -3.89. The molecule has 164 valence electrons. The lowest BCUT2D eigenvalue weighted by atomic mass is 10.0. The molecule has 3 N–H and O–H groups in total. The van der Waals surface area contributed by atoms with Crippen LogP contribution >= 0.6 is 0 Å². The van der Waals surface area contributed by atoms with Gasteiger partial charge in [-0.05, 0) is 30.5 Å². The van der Waals surface area contributed by atoms with Crippen LogP contribution < -0.4 is 11.0 Å². The number of aromatic nitrogens is 1. The van der Waals surface area contributed by atoms with Crippen molar-refractivity contribution in [3.63, 3.8) is 0 Å². The third kappa shape index (κ3) is 4.74. The molecule has 0 aliphatic heterocycles. The van der Waals surface area contributed by atoms with E-state index in [1.165, 1.54) is 34.4 Å². The Kier molecular flexibility index (Phi) is 6.80. The van der Waals surface area contributed by atoms with Crippen molar-refractivity contribution in [3.05, 3.63) is 58.5 Å². The Balaban J connectivity index is 2.26. The molecular formula is C19H22F2N2O6S. The molecule has 11 heteroatoms. The number of carbonyl (C=O) groups is 1. The number of aryl methyl sites for hydroxylation is 1. The Morgan fingerprint density at radius 3 is 2.23 bits per heavy atom. The van der Waals surface area contributed by atoms with Crippen LogP contribution in [0.3, 0.4) is 0 Å². The molecular weight excluding hydrogens is 422 g/mol. The maximum Gasteiger partial charge on any atom is 0.295 e. The molecule has 0 fully saturated rings. The van der Waals surface area contributed by atoms with Crippen molar-refractivity contribution in [1.82, 2.24) is 10.0 Å². The Bertz CT molecular complexity index is 1080. The number of rotatable bonds is 8. The molecule has 0 saturated carbocycles. The molecule has 1 aromatic carbocycles. The quantitative estimate of drug-likeness (QED) is 0.416. The number of carbonyl (C=O) groups excluding carboxylic acids is 1. The Morgan fingerprint density at radius 2 is 1.77 bits per heavy atom. The number of pyridine rings is 1. The summed E-state index contributed by atoms with van der Waals surface area (Å²) >= 11 is 0. The lowest BCUT2D eigenvalue weighted by Gasteiger charge is -2.25. The van der Waals surface area contributed by atoms with Gasteiger partial charge in [-0.15, -0.1) is 0 Å². The molecule has 0 aliphatic rings. The first-order chi connectivity index (χ1) is 13.9. The highest BCUT2D eigenvalue weighted by atomic mass is 32.2. The van der Waals surface area contributed by atoms with Gasteiger partial charge in [-0.2, -0.15) is 8.78 Å². The number of alkyl halides is 2. The van der Waals surface area contributed by atoms with Gasteiger partial charge in [0.2, 0.25) is 0 Å². The van der Waals surface area contributed by atoms with Crippen molar-refractivity contribution >= 4 is 15.7 Å². The highest BCUT2D eigenvalue weighted by Gasteiger charge is 2.43. The molecule has 8 nitrogen and oxygen atoms in total. The summed E-state index contributed by atoms with van der Waals surface area (Å²) in [6, 6.07) is 7.90. The van der Waals surface area contributed by atoms with Crippen LogP contribution in [-0.4, -0.2) is 46.8 Å². The molecule has 1 aromatic heterocycles. The Labute approximate surface area is 171 Å². The van der Waals surface area contributed by atoms with Crippen molar-refractivity contribution in [2.45, 2.75) is 30.6 Å². The van der Waals surface area contributed by atoms with Gasteiger partial charge in [0.05, 0.1) is 0 Å². The molecule has 0 saturated heterocycles. The van der Waals surface area contributed by atoms with Crippen LogP contribution in [0.4, 0.5) is 8.78 Å². The second-order valence-corrected chi connectivity index (χ2v) is 9.53. The number of nitrogens with zero attached hydrogens (tertiary/aromatic N) is 1. The summed E-state index contributed by atoms with van der Waals surface area (Å²) in [5, 5.41) is 17.6. The van der Waals surface area contributed by atoms with Crippen LogP contribution in [0, 0.1) is 0 Å². The fourth-order valence-corrected chi connectivity index (χ4v) is 3.63. The number of benzene rings is 1. The van der Waals surface area contributed by atoms with Gasteiger partial charge in [0.15, 0.2) is 14.6 Å². The first kappa shape index (κ1) is 23.6. The summed E-state index contributed by atoms with van der Waals surface area (Å²) in [5.41, 5.74) is 1.44. The second kappa shape index (κ2) is 8.62. The highest BCUT2D eigenvalue weighted by molar-refractivity contribution is 7.92. The van der Waals surface area contributed by atoms with E-state index in [4.69, 9.17) is 10.3 Å². The molecule has 2 aromatic rings. The predicted octanol–water partition coefficient (Wildman–Crippen LogP) is 1.30. The van der Waals surface area contributed by atoms with Crippen molar-refractivity contribution in [1.29, 1.82) is 0 Å². The zero-order valence-electron chi connectivity index (χ0n) is 16.3. The van der Waals surface area contributed by atoms with Crippen molar-refractivity contribution in [2.75, 3.05) is 12.9 Å². The normalized spacial score (nSPS) is 14.2. The minimum Gasteiger partial charge on any atom is -0.390 e. The van der Waals surface area contributed by atoms with Crippen LogP contribution in [0.5, 0.6) is 0 Å². The largest absolute Gasteiger partial charge is 0.390 e. The lowest BCUT2D eigenvalue weighted by molar-refractivity contribution is -0.131. The maximum atomic E-state index is 13.5. The molecule has 0 bridgehead atoms. The number of nitrogens with one attached hydrogen (secondary N) is 1. The van der Waals surface area contributed by atoms with E-state index in [1.807, 2.05) is 0 Å². The number of sulfone groups is 1. The topological polar surface area (TPSA) is 126 Å². The van der Waals surface area contributed by atoms with E-state index < -0.39 is 38.6 Å². The second-order valence-electron chi connectivity index (χ2n) is 7.08. The molecule has 0 radical (unpaired) electrons. The fourth-order valence-electron chi connectivity index (χ4n) is 2.79. The number of hydroxylamine groups is 1. The molecule has 1 heterocycles. The summed E-state index contributed by atoms with van der Waals surface area (Å²) in [4.78, 5) is 24.3. The third-order valence-corrected chi connectivity index (χ3v) is 7.09. The highest BCUT2D eigenvalue weighted by Crippen LogP contribution is 2.29. The summed E-state index contributed by atoms with van der Waals surface area (Å²) in [6.07, 6.45) is 1.99. The molecule has 30 heavy (non-hydrogen) atoms. The Hall–Kier alpha value is -2.63. The summed E-state index contributed by atoms with van der Waals surface area (Å²) < 4.78 is 50.2. The zero-order valence-corrected chi connectivity index (χ0v) is 17.1. The minimum absolute atomic E-state index is 0.113. The fraction of sp³-hybridized carbons (Fsp3) is 0.368. The molecule has 0 aliphatic carbocycles. The summed E-state index contributed by atoms with van der Waals surface area (Å²) in [6.45, 7) is -0.280. The predicted molar refractivity (Wildman–Crippen MR) is 105 cm³/mol. The summed E-state index contributed by atoms with van der Waals surface area (Å²) in [7, 11) is -3.89. The average molecular weight is 444 g/mol. The number of aliphatic hydroxyl groups is 1. The van der Waals surface area contributed by atoms with Crippen molar-refractivity contribution < 1.29 is 32.3 Å². The van der Waals surface area contributed by atoms with Gasteiger partial charge in [0.25, 0.3) is 17.4 Å². The van der Waals surface area contributed by atoms with E-state index >= 15 is 0 Å². The van der Waals surface area contributed by atoms with E-state index in [9.17, 15) is 26.8 Å². The molecule has 1 amide bonds. The first-order valence-electron chi connectivity index (χ1n) is 8.80. The van der Waals surface area contributed by atoms with Crippen molar-refractivity contribution in [2.24, 2.45) is 0 Å². The van der Waals surface area contributed by atoms with E-state index in [-0.39, 0.29) is 18.5 Å². The van der Waals surface area contributed by atoms with E-state index in [0.29, 0.717) is 11.1 Å². The van der Waals surface area contributed by atoms with Crippen molar-refractivity contribution in [3.8, 4) is 11.1 Å². The van der Waals surface area contributed by atoms with E-state index in [1.54, 1.807) is 6.07 Å². The molecule has 1 atom stereocenters. The van der Waals surface area contributed by atoms with Gasteiger partial charge in [-0.1, -0.05) is 24.3 Å². The molecule has 2 rings (SSSR count). The van der Waals surface area contributed by atoms with Crippen LogP contribution in [-0.2, 0) is 27.1 Å². The monoisotopic (exact) mass is 444 g/mol. The Morgan fingerprint density at radius 1 is 1.17 bits per heavy atom. The van der Waals surface area contributed by atoms with Crippen LogP contribution in [0.2, 0.25) is 0 Å². The van der Waals surface area contributed by atoms with Crippen LogP contribution in [0.25, 0.3) is 11.1 Å². The van der Waals surface area contributed by atoms with Gasteiger partial charge in [-0.25, -0.2) is 13.9 Å². The van der Waals surface area contributed by atoms with Gasteiger partial charge < -0.3 is 9.67 Å². The summed E-state index contributed by atoms with van der Waals surface area (Å²) in [5.74, 6) is -4.47. The van der Waals surface area contributed by atoms with Crippen LogP contribution in [0.1, 0.15) is 18.9 Å². The lowest BCUT2D eigenvalue weighted by Crippen LogP contribution is -2.49. The SMILES string of the molecule is CC(CCn1ccc(-c2ccc(C(F)(F)CO)cc2)cc1=O)(C(=O)NO)S(C)(=O)=O. The van der Waals surface area contributed by atoms with Crippen LogP contribution in [0.15, 0.2) is 47.4 Å². The maximum absolute atomic E-state index is 13.5. The van der Waals surface area contributed by atoms with Gasteiger partial charge in [-0.3, -0.25) is 14.8 Å². The van der Waals surface area contributed by atoms with Gasteiger partial charge in [0.1, 0.15) is 6.61 Å².